The Morgan fingerprint density at radius 2 is 1.75 bits per heavy atom. The lowest BCUT2D eigenvalue weighted by atomic mass is 10.0. The van der Waals surface area contributed by atoms with Gasteiger partial charge in [-0.25, -0.2) is 0 Å². The lowest BCUT2D eigenvalue weighted by Crippen LogP contribution is -2.55. The molecule has 0 aromatic heterocycles. The summed E-state index contributed by atoms with van der Waals surface area (Å²) in [6.07, 6.45) is -4.38. The zero-order valence-electron chi connectivity index (χ0n) is 11.0. The zero-order valence-corrected chi connectivity index (χ0v) is 11.0. The molecule has 2 rings (SSSR count). The molecular formula is C13H18N2O5. The van der Waals surface area contributed by atoms with Crippen molar-refractivity contribution in [3.05, 3.63) is 24.3 Å². The number of anilines is 2. The molecule has 1 aromatic carbocycles. The number of carbonyl (C=O) groups is 1. The highest BCUT2D eigenvalue weighted by molar-refractivity contribution is 5.88. The topological polar surface area (TPSA) is 111 Å². The van der Waals surface area contributed by atoms with E-state index >= 15 is 0 Å². The summed E-state index contributed by atoms with van der Waals surface area (Å²) in [6.45, 7) is 1.37. The van der Waals surface area contributed by atoms with Gasteiger partial charge in [0.05, 0.1) is 6.61 Å². The van der Waals surface area contributed by atoms with E-state index in [0.29, 0.717) is 11.4 Å². The van der Waals surface area contributed by atoms with E-state index in [1.165, 1.54) is 6.92 Å². The Bertz CT molecular complexity index is 464. The third-order valence-electron chi connectivity index (χ3n) is 3.02. The van der Waals surface area contributed by atoms with E-state index in [9.17, 15) is 20.1 Å². The lowest BCUT2D eigenvalue weighted by molar-refractivity contribution is -0.178. The number of ether oxygens (including phenoxy) is 1. The van der Waals surface area contributed by atoms with Gasteiger partial charge in [0, 0.05) is 18.3 Å². The van der Waals surface area contributed by atoms with Crippen molar-refractivity contribution in [3.63, 3.8) is 0 Å². The Kier molecular flexibility index (Phi) is 4.56. The molecule has 1 aliphatic heterocycles. The number of hydrogen-bond acceptors (Lipinski definition) is 6. The molecule has 5 N–H and O–H groups in total. The molecular weight excluding hydrogens is 264 g/mol. The highest BCUT2D eigenvalue weighted by atomic mass is 16.5. The van der Waals surface area contributed by atoms with Crippen LogP contribution in [0.15, 0.2) is 24.3 Å². The molecule has 1 aromatic rings. The van der Waals surface area contributed by atoms with Crippen molar-refractivity contribution in [1.29, 1.82) is 0 Å². The van der Waals surface area contributed by atoms with Crippen LogP contribution in [0.2, 0.25) is 0 Å². The van der Waals surface area contributed by atoms with E-state index in [2.05, 4.69) is 10.6 Å². The second kappa shape index (κ2) is 6.19. The van der Waals surface area contributed by atoms with Gasteiger partial charge in [-0.05, 0) is 24.3 Å². The average Bonchev–Trinajstić information content (AvgIpc) is 2.41. The van der Waals surface area contributed by atoms with Crippen LogP contribution >= 0.6 is 0 Å². The number of carbonyl (C=O) groups excluding carboxylic acids is 1. The van der Waals surface area contributed by atoms with Gasteiger partial charge < -0.3 is 30.7 Å². The van der Waals surface area contributed by atoms with Gasteiger partial charge in [0.2, 0.25) is 5.91 Å². The number of rotatable bonds is 3. The minimum absolute atomic E-state index is 0.0557. The van der Waals surface area contributed by atoms with Gasteiger partial charge >= 0.3 is 0 Å². The molecule has 0 spiro atoms. The van der Waals surface area contributed by atoms with Gasteiger partial charge in [0.15, 0.2) is 6.23 Å². The summed E-state index contributed by atoms with van der Waals surface area (Å²) in [5.74, 6) is -0.158. The SMILES string of the molecule is CC(=O)Nc1ccc(N[C@@H]2OC[C@@H](O)[C@H](O)[C@H]2O)cc1. The van der Waals surface area contributed by atoms with E-state index in [-0.39, 0.29) is 12.5 Å². The molecule has 7 nitrogen and oxygen atoms in total. The number of aliphatic hydroxyl groups is 3. The molecule has 0 bridgehead atoms. The average molecular weight is 282 g/mol. The molecule has 0 saturated carbocycles. The van der Waals surface area contributed by atoms with Crippen LogP contribution in [0.3, 0.4) is 0 Å². The first-order valence-corrected chi connectivity index (χ1v) is 6.27. The third-order valence-corrected chi connectivity index (χ3v) is 3.02. The summed E-state index contributed by atoms with van der Waals surface area (Å²) < 4.78 is 5.23. The fourth-order valence-corrected chi connectivity index (χ4v) is 1.95. The van der Waals surface area contributed by atoms with Crippen LogP contribution in [0.1, 0.15) is 6.92 Å². The Hall–Kier alpha value is -1.67. The van der Waals surface area contributed by atoms with Crippen LogP contribution in [0.25, 0.3) is 0 Å². The predicted molar refractivity (Wildman–Crippen MR) is 72.1 cm³/mol. The van der Waals surface area contributed by atoms with Crippen LogP contribution in [-0.2, 0) is 9.53 Å². The van der Waals surface area contributed by atoms with Gasteiger partial charge in [-0.2, -0.15) is 0 Å². The van der Waals surface area contributed by atoms with Crippen molar-refractivity contribution in [2.45, 2.75) is 31.5 Å². The molecule has 0 unspecified atom stereocenters. The van der Waals surface area contributed by atoms with Gasteiger partial charge in [-0.1, -0.05) is 0 Å². The normalized spacial score (nSPS) is 29.8. The molecule has 110 valence electrons. The quantitative estimate of drug-likeness (QED) is 0.511. The number of hydrogen-bond donors (Lipinski definition) is 5. The summed E-state index contributed by atoms with van der Waals surface area (Å²) in [7, 11) is 0. The van der Waals surface area contributed by atoms with Crippen molar-refractivity contribution in [1.82, 2.24) is 0 Å². The van der Waals surface area contributed by atoms with Gasteiger partial charge in [-0.15, -0.1) is 0 Å². The largest absolute Gasteiger partial charge is 0.388 e. The number of benzene rings is 1. The second-order valence-electron chi connectivity index (χ2n) is 4.71. The van der Waals surface area contributed by atoms with Crippen LogP contribution in [0.5, 0.6) is 0 Å². The molecule has 1 aliphatic rings. The smallest absolute Gasteiger partial charge is 0.221 e. The minimum Gasteiger partial charge on any atom is -0.388 e. The summed E-state index contributed by atoms with van der Waals surface area (Å²) in [6, 6.07) is 6.81. The van der Waals surface area contributed by atoms with E-state index in [1.54, 1.807) is 24.3 Å². The number of nitrogens with one attached hydrogen (secondary N) is 2. The monoisotopic (exact) mass is 282 g/mol. The van der Waals surface area contributed by atoms with Gasteiger partial charge in [-0.3, -0.25) is 4.79 Å². The molecule has 20 heavy (non-hydrogen) atoms. The van der Waals surface area contributed by atoms with Crippen molar-refractivity contribution in [2.75, 3.05) is 17.2 Å². The Morgan fingerprint density at radius 3 is 2.35 bits per heavy atom. The van der Waals surface area contributed by atoms with Crippen LogP contribution in [-0.4, -0.2) is 52.4 Å². The summed E-state index contributed by atoms with van der Waals surface area (Å²) in [5, 5.41) is 34.3. The van der Waals surface area contributed by atoms with Crippen LogP contribution in [0.4, 0.5) is 11.4 Å². The number of aliphatic hydroxyl groups excluding tert-OH is 3. The first-order chi connectivity index (χ1) is 9.47. The summed E-state index contributed by atoms with van der Waals surface area (Å²) in [4.78, 5) is 10.9. The Morgan fingerprint density at radius 1 is 1.15 bits per heavy atom. The zero-order chi connectivity index (χ0) is 14.7. The highest BCUT2D eigenvalue weighted by Gasteiger charge is 2.37. The molecule has 1 saturated heterocycles. The maximum Gasteiger partial charge on any atom is 0.221 e. The minimum atomic E-state index is -1.25. The summed E-state index contributed by atoms with van der Waals surface area (Å²) >= 11 is 0. The van der Waals surface area contributed by atoms with E-state index in [4.69, 9.17) is 4.74 Å². The first-order valence-electron chi connectivity index (χ1n) is 6.27. The van der Waals surface area contributed by atoms with E-state index < -0.39 is 24.5 Å². The van der Waals surface area contributed by atoms with Crippen molar-refractivity contribution in [3.8, 4) is 0 Å². The Labute approximate surface area is 116 Å². The van der Waals surface area contributed by atoms with E-state index in [0.717, 1.165) is 0 Å². The molecule has 1 heterocycles. The van der Waals surface area contributed by atoms with Crippen LogP contribution in [0, 0.1) is 0 Å². The fourth-order valence-electron chi connectivity index (χ4n) is 1.95. The standard InChI is InChI=1S/C13H18N2O5/c1-7(16)14-8-2-4-9(5-3-8)15-13-12(19)11(18)10(17)6-20-13/h2-5,10-13,15,17-19H,6H2,1H3,(H,14,16)/t10-,11+,12-,13-/m1/s1. The first kappa shape index (κ1) is 14.7. The van der Waals surface area contributed by atoms with Crippen LogP contribution < -0.4 is 10.6 Å². The van der Waals surface area contributed by atoms with Gasteiger partial charge in [0.25, 0.3) is 0 Å². The Balaban J connectivity index is 1.98. The predicted octanol–water partition coefficient (Wildman–Crippen LogP) is -0.504. The second-order valence-corrected chi connectivity index (χ2v) is 4.71. The fraction of sp³-hybridized carbons (Fsp3) is 0.462. The maximum absolute atomic E-state index is 10.9. The van der Waals surface area contributed by atoms with Crippen molar-refractivity contribution >= 4 is 17.3 Å². The third kappa shape index (κ3) is 3.45. The highest BCUT2D eigenvalue weighted by Crippen LogP contribution is 2.20. The molecule has 7 heteroatoms. The molecule has 1 amide bonds. The number of amides is 1. The maximum atomic E-state index is 10.9. The molecule has 4 atom stereocenters. The van der Waals surface area contributed by atoms with E-state index in [1.807, 2.05) is 0 Å². The van der Waals surface area contributed by atoms with Crippen molar-refractivity contribution < 1.29 is 24.9 Å². The molecule has 0 radical (unpaired) electrons. The van der Waals surface area contributed by atoms with Crippen molar-refractivity contribution in [2.24, 2.45) is 0 Å². The molecule has 1 fully saturated rings. The summed E-state index contributed by atoms with van der Waals surface area (Å²) in [5.41, 5.74) is 1.32. The van der Waals surface area contributed by atoms with Gasteiger partial charge in [0.1, 0.15) is 18.3 Å². The molecule has 0 aliphatic carbocycles. The lowest BCUT2D eigenvalue weighted by Gasteiger charge is -2.35.